The first-order valence-electron chi connectivity index (χ1n) is 5.99. The number of hydrogen-bond donors (Lipinski definition) is 0. The van der Waals surface area contributed by atoms with Crippen LogP contribution in [0.25, 0.3) is 0 Å². The van der Waals surface area contributed by atoms with E-state index in [0.29, 0.717) is 19.6 Å². The number of carbonyl (C=O) groups is 2. The molecule has 0 atom stereocenters. The molecule has 2 rings (SSSR count). The second kappa shape index (κ2) is 5.44. The minimum absolute atomic E-state index is 0.0830. The predicted octanol–water partition coefficient (Wildman–Crippen LogP) is 1.92. The minimum atomic E-state index is -1.13. The van der Waals surface area contributed by atoms with Crippen molar-refractivity contribution in [2.45, 2.75) is 13.3 Å². The number of halogens is 2. The van der Waals surface area contributed by atoms with Crippen LogP contribution >= 0.6 is 0 Å². The molecular weight excluding hydrogens is 256 g/mol. The van der Waals surface area contributed by atoms with Crippen LogP contribution in [0.15, 0.2) is 12.1 Å². The lowest BCUT2D eigenvalue weighted by atomic mass is 10.1. The lowest BCUT2D eigenvalue weighted by molar-refractivity contribution is -0.114. The Morgan fingerprint density at radius 1 is 1.21 bits per heavy atom. The summed E-state index contributed by atoms with van der Waals surface area (Å²) in [6.45, 7) is 3.08. The van der Waals surface area contributed by atoms with Crippen LogP contribution in [0.4, 0.5) is 14.5 Å². The van der Waals surface area contributed by atoms with Crippen LogP contribution in [0, 0.1) is 11.6 Å². The van der Waals surface area contributed by atoms with Gasteiger partial charge in [-0.15, -0.1) is 0 Å². The Kier molecular flexibility index (Phi) is 3.90. The van der Waals surface area contributed by atoms with Gasteiger partial charge in [0.1, 0.15) is 0 Å². The van der Waals surface area contributed by atoms with E-state index in [2.05, 4.69) is 0 Å². The van der Waals surface area contributed by atoms with Gasteiger partial charge in [0.25, 0.3) is 11.7 Å². The van der Waals surface area contributed by atoms with Gasteiger partial charge in [-0.3, -0.25) is 9.59 Å². The van der Waals surface area contributed by atoms with Gasteiger partial charge in [-0.25, -0.2) is 8.78 Å². The van der Waals surface area contributed by atoms with Gasteiger partial charge < -0.3 is 9.64 Å². The second-order valence-corrected chi connectivity index (χ2v) is 4.12. The van der Waals surface area contributed by atoms with Crippen LogP contribution in [-0.2, 0) is 9.53 Å². The van der Waals surface area contributed by atoms with E-state index < -0.39 is 23.3 Å². The van der Waals surface area contributed by atoms with Crippen LogP contribution in [0.1, 0.15) is 23.7 Å². The van der Waals surface area contributed by atoms with Crippen LogP contribution in [0.3, 0.4) is 0 Å². The molecule has 0 N–H and O–H groups in total. The summed E-state index contributed by atoms with van der Waals surface area (Å²) in [5.41, 5.74) is 0.0470. The number of Topliss-reactive ketones (excluding diaryl/α,β-unsaturated/α-hetero) is 1. The van der Waals surface area contributed by atoms with E-state index in [1.807, 2.05) is 6.92 Å². The smallest absolute Gasteiger partial charge is 0.299 e. The third-order valence-electron chi connectivity index (χ3n) is 2.89. The van der Waals surface area contributed by atoms with Crippen molar-refractivity contribution in [2.24, 2.45) is 0 Å². The van der Waals surface area contributed by atoms with Gasteiger partial charge in [0.2, 0.25) is 0 Å². The van der Waals surface area contributed by atoms with E-state index in [0.717, 1.165) is 12.1 Å². The van der Waals surface area contributed by atoms with Gasteiger partial charge >= 0.3 is 0 Å². The molecule has 1 aliphatic rings. The molecule has 6 heteroatoms. The first kappa shape index (κ1) is 13.6. The van der Waals surface area contributed by atoms with Crippen molar-refractivity contribution >= 4 is 17.4 Å². The van der Waals surface area contributed by atoms with Gasteiger partial charge in [-0.05, 0) is 19.4 Å². The highest BCUT2D eigenvalue weighted by Crippen LogP contribution is 2.30. The Bertz CT molecular complexity index is 531. The average Bonchev–Trinajstić information content (AvgIpc) is 2.60. The zero-order valence-corrected chi connectivity index (χ0v) is 10.4. The third-order valence-corrected chi connectivity index (χ3v) is 2.89. The zero-order valence-electron chi connectivity index (χ0n) is 10.4. The molecule has 0 unspecified atom stereocenters. The molecular formula is C13H13F2NO3. The number of rotatable bonds is 5. The molecule has 0 radical (unpaired) electrons. The normalized spacial score (nSPS) is 14.2. The minimum Gasteiger partial charge on any atom is -0.382 e. The molecule has 4 nitrogen and oxygen atoms in total. The summed E-state index contributed by atoms with van der Waals surface area (Å²) in [5.74, 6) is -3.76. The maximum Gasteiger partial charge on any atom is 0.299 e. The number of ether oxygens (including phenoxy) is 1. The number of anilines is 1. The van der Waals surface area contributed by atoms with Crippen molar-refractivity contribution in [3.8, 4) is 0 Å². The summed E-state index contributed by atoms with van der Waals surface area (Å²) in [7, 11) is 0. The Morgan fingerprint density at radius 3 is 2.58 bits per heavy atom. The Hall–Kier alpha value is -1.82. The van der Waals surface area contributed by atoms with E-state index in [1.54, 1.807) is 0 Å². The fourth-order valence-electron chi connectivity index (χ4n) is 1.98. The number of hydrogen-bond acceptors (Lipinski definition) is 3. The number of fused-ring (bicyclic) bond motifs is 1. The maximum absolute atomic E-state index is 13.2. The molecule has 0 saturated carbocycles. The summed E-state index contributed by atoms with van der Waals surface area (Å²) < 4.78 is 31.4. The van der Waals surface area contributed by atoms with Gasteiger partial charge in [0, 0.05) is 25.8 Å². The highest BCUT2D eigenvalue weighted by Gasteiger charge is 2.36. The lowest BCUT2D eigenvalue weighted by Gasteiger charge is -2.16. The monoisotopic (exact) mass is 269 g/mol. The Labute approximate surface area is 109 Å². The third kappa shape index (κ3) is 2.49. The largest absolute Gasteiger partial charge is 0.382 e. The molecule has 1 amide bonds. The standard InChI is InChI=1S/C13H13F2NO3/c1-2-19-5-3-4-16-11-7-10(15)9(14)6-8(11)12(17)13(16)18/h6-7H,2-5H2,1H3. The highest BCUT2D eigenvalue weighted by molar-refractivity contribution is 6.52. The summed E-state index contributed by atoms with van der Waals surface area (Å²) in [6, 6.07) is 1.65. The Morgan fingerprint density at radius 2 is 1.89 bits per heavy atom. The number of benzene rings is 1. The molecule has 0 bridgehead atoms. The SMILES string of the molecule is CCOCCCN1C(=O)C(=O)c2cc(F)c(F)cc21. The average molecular weight is 269 g/mol. The van der Waals surface area contributed by atoms with Gasteiger partial charge in [0.05, 0.1) is 11.3 Å². The second-order valence-electron chi connectivity index (χ2n) is 4.12. The number of nitrogens with zero attached hydrogens (tertiary/aromatic N) is 1. The fraction of sp³-hybridized carbons (Fsp3) is 0.385. The molecule has 19 heavy (non-hydrogen) atoms. The van der Waals surface area contributed by atoms with Crippen molar-refractivity contribution in [3.05, 3.63) is 29.3 Å². The molecule has 102 valence electrons. The van der Waals surface area contributed by atoms with Gasteiger partial charge in [-0.1, -0.05) is 0 Å². The first-order valence-corrected chi connectivity index (χ1v) is 5.99. The fourth-order valence-corrected chi connectivity index (χ4v) is 1.98. The molecule has 1 aromatic carbocycles. The Balaban J connectivity index is 2.21. The van der Waals surface area contributed by atoms with E-state index in [1.165, 1.54) is 4.90 Å². The van der Waals surface area contributed by atoms with Crippen molar-refractivity contribution in [1.29, 1.82) is 0 Å². The number of ketones is 1. The summed E-state index contributed by atoms with van der Waals surface area (Å²) >= 11 is 0. The maximum atomic E-state index is 13.2. The van der Waals surface area contributed by atoms with Gasteiger partial charge in [0.15, 0.2) is 11.6 Å². The lowest BCUT2D eigenvalue weighted by Crippen LogP contribution is -2.31. The number of amides is 1. The zero-order chi connectivity index (χ0) is 14.0. The van der Waals surface area contributed by atoms with E-state index in [9.17, 15) is 18.4 Å². The quantitative estimate of drug-likeness (QED) is 0.606. The molecule has 0 aromatic heterocycles. The van der Waals surface area contributed by atoms with E-state index in [-0.39, 0.29) is 17.8 Å². The molecule has 0 saturated heterocycles. The molecule has 1 aliphatic heterocycles. The van der Waals surface area contributed by atoms with Crippen molar-refractivity contribution in [2.75, 3.05) is 24.7 Å². The predicted molar refractivity (Wildman–Crippen MR) is 64.2 cm³/mol. The van der Waals surface area contributed by atoms with Gasteiger partial charge in [-0.2, -0.15) is 0 Å². The van der Waals surface area contributed by atoms with Crippen LogP contribution in [0.2, 0.25) is 0 Å². The molecule has 0 fully saturated rings. The van der Waals surface area contributed by atoms with E-state index in [4.69, 9.17) is 4.74 Å². The highest BCUT2D eigenvalue weighted by atomic mass is 19.2. The molecule has 0 aliphatic carbocycles. The van der Waals surface area contributed by atoms with Crippen molar-refractivity contribution in [1.82, 2.24) is 0 Å². The summed E-state index contributed by atoms with van der Waals surface area (Å²) in [6.07, 6.45) is 0.519. The van der Waals surface area contributed by atoms with E-state index >= 15 is 0 Å². The topological polar surface area (TPSA) is 46.6 Å². The van der Waals surface area contributed by atoms with Crippen LogP contribution < -0.4 is 4.90 Å². The van der Waals surface area contributed by atoms with Crippen molar-refractivity contribution < 1.29 is 23.1 Å². The van der Waals surface area contributed by atoms with Crippen molar-refractivity contribution in [3.63, 3.8) is 0 Å². The summed E-state index contributed by atoms with van der Waals surface area (Å²) in [4.78, 5) is 24.6. The molecule has 0 spiro atoms. The summed E-state index contributed by atoms with van der Waals surface area (Å²) in [5, 5.41) is 0. The van der Waals surface area contributed by atoms with Crippen LogP contribution in [-0.4, -0.2) is 31.4 Å². The first-order chi connectivity index (χ1) is 9.06. The van der Waals surface area contributed by atoms with Crippen LogP contribution in [0.5, 0.6) is 0 Å². The molecule has 1 aromatic rings. The molecule has 1 heterocycles. The number of carbonyl (C=O) groups excluding carboxylic acids is 2.